The molecule has 0 spiro atoms. The number of benzene rings is 1. The summed E-state index contributed by atoms with van der Waals surface area (Å²) in [6, 6.07) is 3.03. The van der Waals surface area contributed by atoms with E-state index in [9.17, 15) is 24.5 Å². The molecule has 0 unspecified atom stereocenters. The first kappa shape index (κ1) is 18.9. The maximum atomic E-state index is 11.8. The molecular formula is C14H18N4O6. The molecule has 130 valence electrons. The summed E-state index contributed by atoms with van der Waals surface area (Å²) in [6.45, 7) is 1.57. The van der Waals surface area contributed by atoms with E-state index >= 15 is 0 Å². The van der Waals surface area contributed by atoms with Crippen LogP contribution in [0.4, 0.5) is 16.2 Å². The van der Waals surface area contributed by atoms with Gasteiger partial charge in [0.2, 0.25) is 0 Å². The van der Waals surface area contributed by atoms with E-state index in [2.05, 4.69) is 10.6 Å². The minimum atomic E-state index is -0.912. The Morgan fingerprint density at radius 2 is 2.00 bits per heavy atom. The third-order valence-corrected chi connectivity index (χ3v) is 2.82. The molecule has 24 heavy (non-hydrogen) atoms. The van der Waals surface area contributed by atoms with Crippen molar-refractivity contribution < 1.29 is 24.0 Å². The molecule has 1 aromatic carbocycles. The highest BCUT2D eigenvalue weighted by molar-refractivity contribution is 5.97. The second-order valence-electron chi connectivity index (χ2n) is 4.62. The number of urea groups is 1. The molecular weight excluding hydrogens is 320 g/mol. The number of esters is 1. The summed E-state index contributed by atoms with van der Waals surface area (Å²) in [4.78, 5) is 44.8. The molecule has 0 aliphatic heterocycles. The van der Waals surface area contributed by atoms with Gasteiger partial charge in [0, 0.05) is 19.7 Å². The van der Waals surface area contributed by atoms with Gasteiger partial charge >= 0.3 is 12.0 Å². The number of hydrogen-bond donors (Lipinski definition) is 3. The van der Waals surface area contributed by atoms with E-state index in [1.165, 1.54) is 19.2 Å². The van der Waals surface area contributed by atoms with Crippen LogP contribution in [0.15, 0.2) is 18.2 Å². The molecule has 0 heterocycles. The number of ether oxygens (including phenoxy) is 1. The quantitative estimate of drug-likeness (QED) is 0.383. The van der Waals surface area contributed by atoms with Crippen LogP contribution in [0.2, 0.25) is 0 Å². The Labute approximate surface area is 137 Å². The van der Waals surface area contributed by atoms with Crippen LogP contribution < -0.4 is 16.0 Å². The van der Waals surface area contributed by atoms with Gasteiger partial charge in [-0.05, 0) is 18.6 Å². The molecule has 0 saturated heterocycles. The first-order valence-corrected chi connectivity index (χ1v) is 7.10. The average molecular weight is 338 g/mol. The van der Waals surface area contributed by atoms with Gasteiger partial charge in [-0.3, -0.25) is 20.2 Å². The molecule has 0 fully saturated rings. The monoisotopic (exact) mass is 338 g/mol. The Morgan fingerprint density at radius 3 is 2.58 bits per heavy atom. The fourth-order valence-corrected chi connectivity index (χ4v) is 1.68. The van der Waals surface area contributed by atoms with Gasteiger partial charge in [-0.15, -0.1) is 0 Å². The lowest BCUT2D eigenvalue weighted by Crippen LogP contribution is -2.41. The van der Waals surface area contributed by atoms with Crippen molar-refractivity contribution in [1.82, 2.24) is 10.6 Å². The molecule has 0 saturated carbocycles. The average Bonchev–Trinajstić information content (AvgIpc) is 2.57. The molecule has 1 aromatic rings. The Bertz CT molecular complexity index is 646. The molecule has 0 bridgehead atoms. The van der Waals surface area contributed by atoms with Crippen LogP contribution in [0.3, 0.4) is 0 Å². The second kappa shape index (κ2) is 9.08. The van der Waals surface area contributed by atoms with Gasteiger partial charge in [-0.1, -0.05) is 6.92 Å². The standard InChI is InChI=1S/C14H18N4O6/c1-3-6-16-14(21)17-12(19)8-24-13(20)9-4-5-10(15-2)11(7-9)18(22)23/h4-5,7,15H,3,6,8H2,1-2H3,(H2,16,17,19,21). The van der Waals surface area contributed by atoms with Crippen molar-refractivity contribution in [2.75, 3.05) is 25.5 Å². The Balaban J connectivity index is 2.62. The summed E-state index contributed by atoms with van der Waals surface area (Å²) in [7, 11) is 1.51. The van der Waals surface area contributed by atoms with Gasteiger partial charge in [0.25, 0.3) is 11.6 Å². The number of hydrogen-bond acceptors (Lipinski definition) is 7. The summed E-state index contributed by atoms with van der Waals surface area (Å²) in [5.41, 5.74) is -0.138. The lowest BCUT2D eigenvalue weighted by Gasteiger charge is -2.07. The zero-order valence-electron chi connectivity index (χ0n) is 13.3. The van der Waals surface area contributed by atoms with Crippen molar-refractivity contribution >= 4 is 29.3 Å². The van der Waals surface area contributed by atoms with Crippen LogP contribution in [0.5, 0.6) is 0 Å². The van der Waals surface area contributed by atoms with Crippen molar-refractivity contribution in [3.05, 3.63) is 33.9 Å². The fraction of sp³-hybridized carbons (Fsp3) is 0.357. The molecule has 1 rings (SSSR count). The predicted octanol–water partition coefficient (Wildman–Crippen LogP) is 1.03. The molecule has 10 nitrogen and oxygen atoms in total. The number of imide groups is 1. The molecule has 0 aromatic heterocycles. The normalized spacial score (nSPS) is 9.75. The topological polar surface area (TPSA) is 140 Å². The number of nitro benzene ring substituents is 1. The number of nitro groups is 1. The lowest BCUT2D eigenvalue weighted by atomic mass is 10.1. The molecule has 3 amide bonds. The van der Waals surface area contributed by atoms with Crippen LogP contribution in [0, 0.1) is 10.1 Å². The van der Waals surface area contributed by atoms with E-state index in [0.29, 0.717) is 13.0 Å². The number of nitrogens with zero attached hydrogens (tertiary/aromatic N) is 1. The van der Waals surface area contributed by atoms with E-state index < -0.39 is 29.4 Å². The molecule has 0 radical (unpaired) electrons. The van der Waals surface area contributed by atoms with Gasteiger partial charge in [-0.25, -0.2) is 9.59 Å². The van der Waals surface area contributed by atoms with E-state index in [4.69, 9.17) is 4.74 Å². The largest absolute Gasteiger partial charge is 0.452 e. The Morgan fingerprint density at radius 1 is 1.29 bits per heavy atom. The van der Waals surface area contributed by atoms with Crippen LogP contribution in [-0.4, -0.2) is 43.0 Å². The summed E-state index contributed by atoms with van der Waals surface area (Å²) >= 11 is 0. The predicted molar refractivity (Wildman–Crippen MR) is 84.8 cm³/mol. The highest BCUT2D eigenvalue weighted by Gasteiger charge is 2.18. The number of anilines is 1. The highest BCUT2D eigenvalue weighted by Crippen LogP contribution is 2.25. The number of carbonyl (C=O) groups is 3. The van der Waals surface area contributed by atoms with Crippen molar-refractivity contribution in [2.45, 2.75) is 13.3 Å². The van der Waals surface area contributed by atoms with E-state index in [-0.39, 0.29) is 16.9 Å². The van der Waals surface area contributed by atoms with Crippen molar-refractivity contribution in [2.24, 2.45) is 0 Å². The van der Waals surface area contributed by atoms with Gasteiger partial charge in [-0.2, -0.15) is 0 Å². The molecule has 10 heteroatoms. The third kappa shape index (κ3) is 5.55. The number of carbonyl (C=O) groups excluding carboxylic acids is 3. The van der Waals surface area contributed by atoms with Crippen LogP contribution in [0.25, 0.3) is 0 Å². The smallest absolute Gasteiger partial charge is 0.338 e. The summed E-state index contributed by atoms with van der Waals surface area (Å²) in [5, 5.41) is 18.0. The van der Waals surface area contributed by atoms with Crippen LogP contribution in [0.1, 0.15) is 23.7 Å². The first-order chi connectivity index (χ1) is 11.4. The minimum absolute atomic E-state index is 0.0797. The summed E-state index contributed by atoms with van der Waals surface area (Å²) in [5.74, 6) is -1.72. The van der Waals surface area contributed by atoms with Crippen molar-refractivity contribution in [3.63, 3.8) is 0 Å². The first-order valence-electron chi connectivity index (χ1n) is 7.10. The van der Waals surface area contributed by atoms with E-state index in [1.807, 2.05) is 12.2 Å². The third-order valence-electron chi connectivity index (χ3n) is 2.82. The summed E-state index contributed by atoms with van der Waals surface area (Å²) in [6.07, 6.45) is 0.706. The SMILES string of the molecule is CCCNC(=O)NC(=O)COC(=O)c1ccc(NC)c([N+](=O)[O-])c1. The van der Waals surface area contributed by atoms with Crippen LogP contribution >= 0.6 is 0 Å². The van der Waals surface area contributed by atoms with E-state index in [0.717, 1.165) is 6.07 Å². The molecule has 3 N–H and O–H groups in total. The summed E-state index contributed by atoms with van der Waals surface area (Å²) < 4.78 is 4.73. The maximum absolute atomic E-state index is 11.8. The zero-order chi connectivity index (χ0) is 18.1. The number of rotatable bonds is 7. The molecule has 0 aliphatic rings. The fourth-order valence-electron chi connectivity index (χ4n) is 1.68. The van der Waals surface area contributed by atoms with Gasteiger partial charge in [0.1, 0.15) is 5.69 Å². The molecule has 0 atom stereocenters. The number of nitrogens with one attached hydrogen (secondary N) is 3. The number of amides is 3. The van der Waals surface area contributed by atoms with Gasteiger partial charge in [0.05, 0.1) is 10.5 Å². The molecule has 0 aliphatic carbocycles. The lowest BCUT2D eigenvalue weighted by molar-refractivity contribution is -0.384. The Kier molecular flexibility index (Phi) is 7.14. The highest BCUT2D eigenvalue weighted by atomic mass is 16.6. The zero-order valence-corrected chi connectivity index (χ0v) is 13.3. The van der Waals surface area contributed by atoms with Gasteiger partial charge < -0.3 is 15.4 Å². The van der Waals surface area contributed by atoms with Crippen molar-refractivity contribution in [1.29, 1.82) is 0 Å². The minimum Gasteiger partial charge on any atom is -0.452 e. The Hall–Kier alpha value is -3.17. The maximum Gasteiger partial charge on any atom is 0.338 e. The van der Waals surface area contributed by atoms with Crippen LogP contribution in [-0.2, 0) is 9.53 Å². The second-order valence-corrected chi connectivity index (χ2v) is 4.62. The van der Waals surface area contributed by atoms with Crippen molar-refractivity contribution in [3.8, 4) is 0 Å². The van der Waals surface area contributed by atoms with Gasteiger partial charge in [0.15, 0.2) is 6.61 Å². The van der Waals surface area contributed by atoms with E-state index in [1.54, 1.807) is 0 Å².